The fraction of sp³-hybridized carbons (Fsp3) is 0.435. The van der Waals surface area contributed by atoms with E-state index >= 15 is 0 Å². The first-order valence-electron chi connectivity index (χ1n) is 10.6. The predicted molar refractivity (Wildman–Crippen MR) is 115 cm³/mol. The fourth-order valence-corrected chi connectivity index (χ4v) is 4.56. The molecule has 0 unspecified atom stereocenters. The molecule has 2 aromatic heterocycles. The molecule has 3 heterocycles. The van der Waals surface area contributed by atoms with E-state index in [2.05, 4.69) is 50.0 Å². The Bertz CT molecular complexity index is 1120. The van der Waals surface area contributed by atoms with Crippen LogP contribution in [0.3, 0.4) is 0 Å². The summed E-state index contributed by atoms with van der Waals surface area (Å²) in [5.74, 6) is 0.802. The first-order valence-corrected chi connectivity index (χ1v) is 10.6. The second-order valence-electron chi connectivity index (χ2n) is 7.80. The van der Waals surface area contributed by atoms with Gasteiger partial charge in [-0.2, -0.15) is 15.5 Å². The van der Waals surface area contributed by atoms with Crippen molar-refractivity contribution < 1.29 is 4.74 Å². The minimum absolute atomic E-state index is 0.193. The van der Waals surface area contributed by atoms with Crippen molar-refractivity contribution in [3.8, 4) is 6.07 Å². The zero-order valence-corrected chi connectivity index (χ0v) is 18.1. The van der Waals surface area contributed by atoms with E-state index < -0.39 is 0 Å². The summed E-state index contributed by atoms with van der Waals surface area (Å²) in [5.41, 5.74) is 13.3. The van der Waals surface area contributed by atoms with Crippen molar-refractivity contribution in [2.45, 2.75) is 66.0 Å². The molecule has 1 aliphatic heterocycles. The van der Waals surface area contributed by atoms with Crippen LogP contribution in [-0.2, 0) is 17.8 Å². The van der Waals surface area contributed by atoms with E-state index in [1.165, 1.54) is 0 Å². The molecule has 156 valence electrons. The molecule has 0 fully saturated rings. The van der Waals surface area contributed by atoms with Crippen LogP contribution in [0.25, 0.3) is 6.08 Å². The number of aromatic nitrogens is 4. The van der Waals surface area contributed by atoms with Gasteiger partial charge in [-0.15, -0.1) is 0 Å². The molecule has 2 aromatic rings. The second-order valence-corrected chi connectivity index (χ2v) is 7.80. The van der Waals surface area contributed by atoms with E-state index in [0.717, 1.165) is 71.8 Å². The first-order chi connectivity index (χ1) is 14.5. The minimum Gasteiger partial charge on any atom is -0.440 e. The van der Waals surface area contributed by atoms with Crippen LogP contribution >= 0.6 is 0 Å². The van der Waals surface area contributed by atoms with Gasteiger partial charge in [0, 0.05) is 35.6 Å². The highest BCUT2D eigenvalue weighted by Gasteiger charge is 2.37. The van der Waals surface area contributed by atoms with Gasteiger partial charge in [0.1, 0.15) is 17.4 Å². The van der Waals surface area contributed by atoms with Gasteiger partial charge in [-0.25, -0.2) is 0 Å². The number of rotatable bonds is 4. The Balaban J connectivity index is 1.85. The first kappa shape index (κ1) is 20.0. The highest BCUT2D eigenvalue weighted by atomic mass is 16.5. The van der Waals surface area contributed by atoms with Gasteiger partial charge >= 0.3 is 0 Å². The van der Waals surface area contributed by atoms with Crippen LogP contribution in [-0.4, -0.2) is 19.6 Å². The Morgan fingerprint density at radius 1 is 1.17 bits per heavy atom. The van der Waals surface area contributed by atoms with Crippen LogP contribution in [0, 0.1) is 25.2 Å². The van der Waals surface area contributed by atoms with Crippen LogP contribution in [0.5, 0.6) is 0 Å². The summed E-state index contributed by atoms with van der Waals surface area (Å²) < 4.78 is 10.0. The molecule has 0 saturated heterocycles. The molecule has 0 radical (unpaired) electrons. The average Bonchev–Trinajstić information content (AvgIpc) is 3.29. The van der Waals surface area contributed by atoms with E-state index in [1.54, 1.807) is 0 Å². The zero-order valence-electron chi connectivity index (χ0n) is 18.1. The third-order valence-electron chi connectivity index (χ3n) is 6.23. The highest BCUT2D eigenvalue weighted by molar-refractivity contribution is 5.63. The van der Waals surface area contributed by atoms with Crippen LogP contribution in [0.15, 0.2) is 40.8 Å². The van der Waals surface area contributed by atoms with Crippen LogP contribution in [0.2, 0.25) is 0 Å². The van der Waals surface area contributed by atoms with E-state index in [4.69, 9.17) is 10.5 Å². The number of hydrogen-bond acceptors (Lipinski definition) is 5. The Labute approximate surface area is 177 Å². The van der Waals surface area contributed by atoms with Gasteiger partial charge in [-0.05, 0) is 64.2 Å². The lowest BCUT2D eigenvalue weighted by Crippen LogP contribution is -2.24. The van der Waals surface area contributed by atoms with Crippen molar-refractivity contribution in [1.29, 1.82) is 5.26 Å². The topological polar surface area (TPSA) is 94.7 Å². The van der Waals surface area contributed by atoms with Crippen molar-refractivity contribution in [2.75, 3.05) is 0 Å². The number of aryl methyl sites for hydroxylation is 2. The van der Waals surface area contributed by atoms with Crippen molar-refractivity contribution >= 4 is 6.08 Å². The maximum Gasteiger partial charge on any atom is 0.205 e. The van der Waals surface area contributed by atoms with Crippen LogP contribution < -0.4 is 5.73 Å². The van der Waals surface area contributed by atoms with Crippen molar-refractivity contribution in [3.63, 3.8) is 0 Å². The van der Waals surface area contributed by atoms with Gasteiger partial charge in [-0.3, -0.25) is 9.36 Å². The van der Waals surface area contributed by atoms with E-state index in [1.807, 2.05) is 21.8 Å². The summed E-state index contributed by atoms with van der Waals surface area (Å²) in [7, 11) is 0. The summed E-state index contributed by atoms with van der Waals surface area (Å²) in [6.45, 7) is 9.90. The number of nitriles is 1. The lowest BCUT2D eigenvalue weighted by Gasteiger charge is -2.33. The van der Waals surface area contributed by atoms with Crippen molar-refractivity contribution in [1.82, 2.24) is 19.6 Å². The monoisotopic (exact) mass is 404 g/mol. The molecule has 7 heteroatoms. The number of hydrogen-bond donors (Lipinski definition) is 1. The SMILES string of the molecule is CCn1ncc(/C=C2/CCCC3=C2OC(N)=C(C#N)[C@H]3c2cnn(CC)c2C)c1C. The number of nitrogens with two attached hydrogens (primary N) is 1. The molecule has 2 N–H and O–H groups in total. The minimum atomic E-state index is -0.206. The largest absolute Gasteiger partial charge is 0.440 e. The van der Waals surface area contributed by atoms with Crippen molar-refractivity contribution in [3.05, 3.63) is 63.3 Å². The fourth-order valence-electron chi connectivity index (χ4n) is 4.56. The molecular weight excluding hydrogens is 376 g/mol. The molecule has 0 saturated carbocycles. The number of nitrogens with zero attached hydrogens (tertiary/aromatic N) is 5. The molecule has 30 heavy (non-hydrogen) atoms. The summed E-state index contributed by atoms with van der Waals surface area (Å²) in [6.07, 6.45) is 8.72. The van der Waals surface area contributed by atoms with Crippen molar-refractivity contribution in [2.24, 2.45) is 5.73 Å². The summed E-state index contributed by atoms with van der Waals surface area (Å²) >= 11 is 0. The van der Waals surface area contributed by atoms with Crippen LogP contribution in [0.4, 0.5) is 0 Å². The molecule has 1 aliphatic carbocycles. The van der Waals surface area contributed by atoms with E-state index in [-0.39, 0.29) is 11.8 Å². The maximum atomic E-state index is 9.86. The third-order valence-corrected chi connectivity index (χ3v) is 6.23. The van der Waals surface area contributed by atoms with Gasteiger partial charge in [0.05, 0.1) is 18.3 Å². The van der Waals surface area contributed by atoms with Gasteiger partial charge in [0.25, 0.3) is 0 Å². The Morgan fingerprint density at radius 3 is 2.50 bits per heavy atom. The van der Waals surface area contributed by atoms with Gasteiger partial charge in [0.15, 0.2) is 0 Å². The summed E-state index contributed by atoms with van der Waals surface area (Å²) in [5, 5.41) is 18.8. The lowest BCUT2D eigenvalue weighted by atomic mass is 9.77. The molecule has 0 bridgehead atoms. The van der Waals surface area contributed by atoms with Gasteiger partial charge in [-0.1, -0.05) is 0 Å². The number of ether oxygens (including phenoxy) is 1. The molecule has 0 aromatic carbocycles. The Hall–Kier alpha value is -3.27. The average molecular weight is 405 g/mol. The molecule has 4 rings (SSSR count). The molecule has 1 atom stereocenters. The predicted octanol–water partition coefficient (Wildman–Crippen LogP) is 4.07. The molecular formula is C23H28N6O. The zero-order chi connectivity index (χ0) is 21.4. The second kappa shape index (κ2) is 7.86. The van der Waals surface area contributed by atoms with Crippen LogP contribution in [0.1, 0.15) is 61.5 Å². The smallest absolute Gasteiger partial charge is 0.205 e. The highest BCUT2D eigenvalue weighted by Crippen LogP contribution is 2.47. The maximum absolute atomic E-state index is 9.86. The molecule has 7 nitrogen and oxygen atoms in total. The third kappa shape index (κ3) is 3.13. The summed E-state index contributed by atoms with van der Waals surface area (Å²) in [4.78, 5) is 0. The lowest BCUT2D eigenvalue weighted by molar-refractivity contribution is 0.277. The normalized spacial score (nSPS) is 20.4. The van der Waals surface area contributed by atoms with Gasteiger partial charge < -0.3 is 10.5 Å². The van der Waals surface area contributed by atoms with E-state index in [0.29, 0.717) is 5.57 Å². The molecule has 0 amide bonds. The van der Waals surface area contributed by atoms with Gasteiger partial charge in [0.2, 0.25) is 5.88 Å². The quantitative estimate of drug-likeness (QED) is 0.829. The number of allylic oxidation sites excluding steroid dienone is 3. The molecule has 2 aliphatic rings. The standard InChI is InChI=1S/C23H28N6O/c1-5-28-14(3)17(12-26-28)10-16-8-7-9-18-21(19(11-24)23(25)30-22(16)18)20-13-27-29(6-2)15(20)4/h10,12-13,21H,5-9,25H2,1-4H3/b16-10-/t21-/m0/s1. The summed E-state index contributed by atoms with van der Waals surface area (Å²) in [6, 6.07) is 2.30. The van der Waals surface area contributed by atoms with E-state index in [9.17, 15) is 5.26 Å². The Morgan fingerprint density at radius 2 is 1.87 bits per heavy atom. The Kier molecular flexibility index (Phi) is 5.25. The molecule has 0 spiro atoms.